The SMILES string of the molecule is CC1C(CN2CCCC2CO)OC(c2ccc(-c3cccc(CNC(=O)c4ccccc4)c3)cc2)OC1c1ccc(CO)cc1. The highest BCUT2D eigenvalue weighted by atomic mass is 16.7. The Hall–Kier alpha value is -3.85. The number of hydrogen-bond acceptors (Lipinski definition) is 6. The van der Waals surface area contributed by atoms with Gasteiger partial charge in [0, 0.05) is 36.2 Å². The van der Waals surface area contributed by atoms with Crippen molar-refractivity contribution in [3.05, 3.63) is 131 Å². The van der Waals surface area contributed by atoms with Gasteiger partial charge in [-0.3, -0.25) is 9.69 Å². The van der Waals surface area contributed by atoms with Crippen molar-refractivity contribution in [3.63, 3.8) is 0 Å². The van der Waals surface area contributed by atoms with Gasteiger partial charge in [0.1, 0.15) is 0 Å². The van der Waals surface area contributed by atoms with Crippen LogP contribution in [0, 0.1) is 5.92 Å². The van der Waals surface area contributed by atoms with Gasteiger partial charge in [0.15, 0.2) is 6.29 Å². The van der Waals surface area contributed by atoms with Crippen LogP contribution in [0.4, 0.5) is 0 Å². The summed E-state index contributed by atoms with van der Waals surface area (Å²) in [6, 6.07) is 33.9. The third-order valence-corrected chi connectivity index (χ3v) is 9.18. The Kier molecular flexibility index (Phi) is 10.0. The first-order valence-electron chi connectivity index (χ1n) is 15.9. The van der Waals surface area contributed by atoms with E-state index in [9.17, 15) is 15.0 Å². The topological polar surface area (TPSA) is 91.3 Å². The minimum Gasteiger partial charge on any atom is -0.395 e. The molecule has 7 heteroatoms. The summed E-state index contributed by atoms with van der Waals surface area (Å²) in [6.07, 6.45) is 1.28. The highest BCUT2D eigenvalue weighted by Gasteiger charge is 2.40. The van der Waals surface area contributed by atoms with Crippen LogP contribution in [-0.4, -0.2) is 52.9 Å². The van der Waals surface area contributed by atoms with E-state index in [1.807, 2.05) is 66.7 Å². The lowest BCUT2D eigenvalue weighted by Crippen LogP contribution is -2.46. The molecule has 0 radical (unpaired) electrons. The van der Waals surface area contributed by atoms with Gasteiger partial charge in [0.25, 0.3) is 5.91 Å². The molecule has 0 aliphatic carbocycles. The molecule has 6 rings (SSSR count). The van der Waals surface area contributed by atoms with Crippen molar-refractivity contribution >= 4 is 5.91 Å². The van der Waals surface area contributed by atoms with Gasteiger partial charge < -0.3 is 25.0 Å². The fraction of sp³-hybridized carbons (Fsp3) is 0.342. The van der Waals surface area contributed by atoms with E-state index in [0.717, 1.165) is 59.3 Å². The molecule has 45 heavy (non-hydrogen) atoms. The van der Waals surface area contributed by atoms with Gasteiger partial charge in [-0.05, 0) is 65.4 Å². The Morgan fingerprint density at radius 1 is 0.844 bits per heavy atom. The van der Waals surface area contributed by atoms with Gasteiger partial charge >= 0.3 is 0 Å². The van der Waals surface area contributed by atoms with E-state index in [2.05, 4.69) is 53.5 Å². The lowest BCUT2D eigenvalue weighted by molar-refractivity contribution is -0.276. The first-order valence-corrected chi connectivity index (χ1v) is 15.9. The zero-order valence-corrected chi connectivity index (χ0v) is 25.7. The van der Waals surface area contributed by atoms with E-state index in [0.29, 0.717) is 12.1 Å². The molecule has 7 nitrogen and oxygen atoms in total. The quantitative estimate of drug-likeness (QED) is 0.204. The normalized spacial score (nSPS) is 23.6. The smallest absolute Gasteiger partial charge is 0.251 e. The molecule has 0 aromatic heterocycles. The van der Waals surface area contributed by atoms with Crippen molar-refractivity contribution < 1.29 is 24.5 Å². The van der Waals surface area contributed by atoms with Crippen LogP contribution in [0.1, 0.15) is 64.8 Å². The Morgan fingerprint density at radius 3 is 2.33 bits per heavy atom. The molecule has 3 N–H and O–H groups in total. The fourth-order valence-corrected chi connectivity index (χ4v) is 6.47. The molecule has 4 aromatic carbocycles. The van der Waals surface area contributed by atoms with E-state index in [4.69, 9.17) is 9.47 Å². The van der Waals surface area contributed by atoms with Gasteiger partial charge in [0.2, 0.25) is 0 Å². The molecule has 2 heterocycles. The van der Waals surface area contributed by atoms with Crippen LogP contribution in [0.15, 0.2) is 103 Å². The third kappa shape index (κ3) is 7.35. The summed E-state index contributed by atoms with van der Waals surface area (Å²) in [7, 11) is 0. The van der Waals surface area contributed by atoms with E-state index in [-0.39, 0.29) is 43.3 Å². The zero-order valence-electron chi connectivity index (χ0n) is 25.7. The number of rotatable bonds is 10. The molecule has 5 atom stereocenters. The second-order valence-electron chi connectivity index (χ2n) is 12.2. The monoisotopic (exact) mass is 606 g/mol. The van der Waals surface area contributed by atoms with Gasteiger partial charge in [-0.15, -0.1) is 0 Å². The predicted octanol–water partition coefficient (Wildman–Crippen LogP) is 6.02. The van der Waals surface area contributed by atoms with E-state index >= 15 is 0 Å². The number of carbonyl (C=O) groups is 1. The number of benzene rings is 4. The zero-order chi connectivity index (χ0) is 31.2. The largest absolute Gasteiger partial charge is 0.395 e. The lowest BCUT2D eigenvalue weighted by Gasteiger charge is -2.43. The van der Waals surface area contributed by atoms with Crippen molar-refractivity contribution in [1.29, 1.82) is 0 Å². The highest BCUT2D eigenvalue weighted by Crippen LogP contribution is 2.42. The molecule has 2 fully saturated rings. The second-order valence-corrected chi connectivity index (χ2v) is 12.2. The number of nitrogens with zero attached hydrogens (tertiary/aromatic N) is 1. The standard InChI is InChI=1S/C38H42N2O5/c1-26-35(23-40-20-6-11-34(40)25-42)44-38(45-36(26)30-14-12-27(24-41)13-15-30)32-18-16-29(17-19-32)33-10-5-7-28(21-33)22-39-37(43)31-8-3-2-4-9-31/h2-5,7-10,12-19,21,26,34-36,38,41-42H,6,11,20,22-25H2,1H3,(H,39,43). The summed E-state index contributed by atoms with van der Waals surface area (Å²) in [6.45, 7) is 4.48. The van der Waals surface area contributed by atoms with E-state index < -0.39 is 6.29 Å². The Labute approximate surface area is 265 Å². The number of likely N-dealkylation sites (tertiary alicyclic amines) is 1. The number of aliphatic hydroxyl groups is 2. The van der Waals surface area contributed by atoms with Crippen LogP contribution in [-0.2, 0) is 22.6 Å². The van der Waals surface area contributed by atoms with E-state index in [1.54, 1.807) is 0 Å². The Bertz CT molecular complexity index is 1540. The number of carbonyl (C=O) groups excluding carboxylic acids is 1. The van der Waals surface area contributed by atoms with Gasteiger partial charge in [-0.2, -0.15) is 0 Å². The summed E-state index contributed by atoms with van der Waals surface area (Å²) in [5.74, 6) is -0.00437. The van der Waals surface area contributed by atoms with Crippen LogP contribution >= 0.6 is 0 Å². The van der Waals surface area contributed by atoms with Crippen molar-refractivity contribution in [1.82, 2.24) is 10.2 Å². The van der Waals surface area contributed by atoms with Gasteiger partial charge in [0.05, 0.1) is 25.4 Å². The number of aliphatic hydroxyl groups excluding tert-OH is 2. The van der Waals surface area contributed by atoms with E-state index in [1.165, 1.54) is 0 Å². The average Bonchev–Trinajstić information content (AvgIpc) is 3.56. The summed E-state index contributed by atoms with van der Waals surface area (Å²) in [4.78, 5) is 14.9. The maximum Gasteiger partial charge on any atom is 0.251 e. The number of nitrogens with one attached hydrogen (secondary N) is 1. The molecule has 2 saturated heterocycles. The predicted molar refractivity (Wildman–Crippen MR) is 174 cm³/mol. The average molecular weight is 607 g/mol. The first kappa shape index (κ1) is 31.1. The molecule has 2 aliphatic heterocycles. The molecule has 234 valence electrons. The second kappa shape index (κ2) is 14.5. The molecule has 2 aliphatic rings. The fourth-order valence-electron chi connectivity index (χ4n) is 6.47. The lowest BCUT2D eigenvalue weighted by atomic mass is 9.89. The summed E-state index contributed by atoms with van der Waals surface area (Å²) in [5.41, 5.74) is 6.67. The molecular formula is C38H42N2O5. The number of hydrogen-bond donors (Lipinski definition) is 3. The number of amides is 1. The molecule has 0 bridgehead atoms. The maximum atomic E-state index is 12.5. The molecule has 5 unspecified atom stereocenters. The van der Waals surface area contributed by atoms with Crippen molar-refractivity contribution in [2.75, 3.05) is 19.7 Å². The van der Waals surface area contributed by atoms with Crippen molar-refractivity contribution in [2.24, 2.45) is 5.92 Å². The minimum atomic E-state index is -0.544. The van der Waals surface area contributed by atoms with Crippen LogP contribution in [0.5, 0.6) is 0 Å². The van der Waals surface area contributed by atoms with Crippen LogP contribution in [0.2, 0.25) is 0 Å². The van der Waals surface area contributed by atoms with Crippen molar-refractivity contribution in [3.8, 4) is 11.1 Å². The first-order chi connectivity index (χ1) is 22.0. The Balaban J connectivity index is 1.18. The van der Waals surface area contributed by atoms with Gasteiger partial charge in [-0.25, -0.2) is 0 Å². The molecule has 1 amide bonds. The van der Waals surface area contributed by atoms with Crippen LogP contribution in [0.3, 0.4) is 0 Å². The molecule has 0 spiro atoms. The summed E-state index contributed by atoms with van der Waals surface area (Å²) in [5, 5.41) is 22.5. The van der Waals surface area contributed by atoms with Crippen LogP contribution < -0.4 is 5.32 Å². The third-order valence-electron chi connectivity index (χ3n) is 9.18. The maximum absolute atomic E-state index is 12.5. The minimum absolute atomic E-state index is 0.00477. The number of ether oxygens (including phenoxy) is 2. The van der Waals surface area contributed by atoms with Gasteiger partial charge in [-0.1, -0.05) is 91.9 Å². The summed E-state index contributed by atoms with van der Waals surface area (Å²) >= 11 is 0. The van der Waals surface area contributed by atoms with Crippen molar-refractivity contribution in [2.45, 2.75) is 57.5 Å². The molecular weight excluding hydrogens is 564 g/mol. The molecule has 0 saturated carbocycles. The van der Waals surface area contributed by atoms with Crippen LogP contribution in [0.25, 0.3) is 11.1 Å². The molecule has 4 aromatic rings. The summed E-state index contributed by atoms with van der Waals surface area (Å²) < 4.78 is 13.3. The highest BCUT2D eigenvalue weighted by molar-refractivity contribution is 5.94. The Morgan fingerprint density at radius 2 is 1.60 bits per heavy atom.